The second-order valence-corrected chi connectivity index (χ2v) is 7.23. The number of benzene rings is 1. The van der Waals surface area contributed by atoms with E-state index in [4.69, 9.17) is 0 Å². The van der Waals surface area contributed by atoms with Crippen molar-refractivity contribution in [1.82, 2.24) is 5.32 Å². The average molecular weight is 292 g/mol. The number of aryl methyl sites for hydroxylation is 1. The van der Waals surface area contributed by atoms with E-state index in [-0.39, 0.29) is 0 Å². The quantitative estimate of drug-likeness (QED) is 0.749. The topological polar surface area (TPSA) is 12.0 Å². The van der Waals surface area contributed by atoms with Crippen molar-refractivity contribution in [3.05, 3.63) is 29.8 Å². The fourth-order valence-corrected chi connectivity index (χ4v) is 4.81. The van der Waals surface area contributed by atoms with Crippen LogP contribution >= 0.6 is 11.8 Å². The SMILES string of the molecule is CCC1CCCCC1C(CSc1cccc(C)c1)NC. The molecule has 1 aliphatic carbocycles. The molecule has 0 bridgehead atoms. The molecule has 112 valence electrons. The van der Waals surface area contributed by atoms with Gasteiger partial charge >= 0.3 is 0 Å². The minimum absolute atomic E-state index is 0.658. The second-order valence-electron chi connectivity index (χ2n) is 6.14. The first kappa shape index (κ1) is 15.9. The Kier molecular flexibility index (Phi) is 6.44. The summed E-state index contributed by atoms with van der Waals surface area (Å²) in [5.41, 5.74) is 1.36. The Balaban J connectivity index is 1.94. The highest BCUT2D eigenvalue weighted by Gasteiger charge is 2.29. The highest BCUT2D eigenvalue weighted by atomic mass is 32.2. The molecule has 3 unspecified atom stereocenters. The standard InChI is InChI=1S/C18H29NS/c1-4-15-9-5-6-11-17(15)18(19-3)13-20-16-10-7-8-14(2)12-16/h7-8,10,12,15,17-19H,4-6,9,11,13H2,1-3H3. The fraction of sp³-hybridized carbons (Fsp3) is 0.667. The van der Waals surface area contributed by atoms with Crippen LogP contribution in [-0.2, 0) is 0 Å². The summed E-state index contributed by atoms with van der Waals surface area (Å²) in [6, 6.07) is 9.54. The molecule has 1 nitrogen and oxygen atoms in total. The number of thioether (sulfide) groups is 1. The van der Waals surface area contributed by atoms with Crippen molar-refractivity contribution in [2.24, 2.45) is 11.8 Å². The van der Waals surface area contributed by atoms with Gasteiger partial charge in [0.2, 0.25) is 0 Å². The predicted molar refractivity (Wildman–Crippen MR) is 90.5 cm³/mol. The van der Waals surface area contributed by atoms with Crippen LogP contribution in [0.4, 0.5) is 0 Å². The molecule has 1 aromatic rings. The highest BCUT2D eigenvalue weighted by molar-refractivity contribution is 7.99. The summed E-state index contributed by atoms with van der Waals surface area (Å²) in [6.45, 7) is 4.54. The van der Waals surface area contributed by atoms with E-state index in [0.717, 1.165) is 11.8 Å². The summed E-state index contributed by atoms with van der Waals surface area (Å²) in [7, 11) is 2.14. The molecule has 1 saturated carbocycles. The number of hydrogen-bond acceptors (Lipinski definition) is 2. The third-order valence-electron chi connectivity index (χ3n) is 4.80. The largest absolute Gasteiger partial charge is 0.316 e. The van der Waals surface area contributed by atoms with Gasteiger partial charge in [-0.05, 0) is 44.4 Å². The normalized spacial score (nSPS) is 24.6. The van der Waals surface area contributed by atoms with Gasteiger partial charge in [-0.15, -0.1) is 11.8 Å². The number of hydrogen-bond donors (Lipinski definition) is 1. The molecule has 0 spiro atoms. The molecule has 2 heteroatoms. The van der Waals surface area contributed by atoms with E-state index in [9.17, 15) is 0 Å². The van der Waals surface area contributed by atoms with Gasteiger partial charge in [0.25, 0.3) is 0 Å². The van der Waals surface area contributed by atoms with Crippen molar-refractivity contribution >= 4 is 11.8 Å². The zero-order valence-electron chi connectivity index (χ0n) is 13.2. The van der Waals surface area contributed by atoms with Crippen LogP contribution in [0.5, 0.6) is 0 Å². The van der Waals surface area contributed by atoms with E-state index in [2.05, 4.69) is 50.5 Å². The molecule has 1 fully saturated rings. The van der Waals surface area contributed by atoms with Crippen LogP contribution in [0.25, 0.3) is 0 Å². The number of nitrogens with one attached hydrogen (secondary N) is 1. The maximum atomic E-state index is 3.60. The van der Waals surface area contributed by atoms with E-state index in [1.807, 2.05) is 11.8 Å². The van der Waals surface area contributed by atoms with Crippen LogP contribution in [0.3, 0.4) is 0 Å². The lowest BCUT2D eigenvalue weighted by Gasteiger charge is -2.36. The third kappa shape index (κ3) is 4.26. The Morgan fingerprint density at radius 1 is 1.30 bits per heavy atom. The summed E-state index contributed by atoms with van der Waals surface area (Å²) in [4.78, 5) is 1.41. The van der Waals surface area contributed by atoms with E-state index in [0.29, 0.717) is 6.04 Å². The Morgan fingerprint density at radius 3 is 2.80 bits per heavy atom. The van der Waals surface area contributed by atoms with Crippen LogP contribution in [0.2, 0.25) is 0 Å². The van der Waals surface area contributed by atoms with Gasteiger partial charge < -0.3 is 5.32 Å². The molecule has 0 aliphatic heterocycles. The van der Waals surface area contributed by atoms with Gasteiger partial charge in [0.15, 0.2) is 0 Å². The molecule has 2 rings (SSSR count). The Labute approximate surface area is 128 Å². The Bertz CT molecular complexity index is 404. The van der Waals surface area contributed by atoms with E-state index in [1.165, 1.54) is 48.3 Å². The van der Waals surface area contributed by atoms with Gasteiger partial charge in [0.1, 0.15) is 0 Å². The first-order chi connectivity index (χ1) is 9.74. The lowest BCUT2D eigenvalue weighted by molar-refractivity contribution is 0.190. The van der Waals surface area contributed by atoms with Crippen LogP contribution < -0.4 is 5.32 Å². The summed E-state index contributed by atoms with van der Waals surface area (Å²) in [6.07, 6.45) is 7.07. The van der Waals surface area contributed by atoms with E-state index >= 15 is 0 Å². The molecule has 0 amide bonds. The average Bonchev–Trinajstić information content (AvgIpc) is 2.48. The van der Waals surface area contributed by atoms with Crippen molar-refractivity contribution < 1.29 is 0 Å². The number of rotatable bonds is 6. The van der Waals surface area contributed by atoms with Crippen LogP contribution in [0.15, 0.2) is 29.2 Å². The Morgan fingerprint density at radius 2 is 2.10 bits per heavy atom. The van der Waals surface area contributed by atoms with Gasteiger partial charge in [-0.1, -0.05) is 50.3 Å². The van der Waals surface area contributed by atoms with Crippen molar-refractivity contribution in [3.63, 3.8) is 0 Å². The molecule has 0 radical (unpaired) electrons. The highest BCUT2D eigenvalue weighted by Crippen LogP contribution is 2.36. The van der Waals surface area contributed by atoms with E-state index in [1.54, 1.807) is 0 Å². The van der Waals surface area contributed by atoms with Gasteiger partial charge in [0, 0.05) is 16.7 Å². The van der Waals surface area contributed by atoms with Gasteiger partial charge in [-0.2, -0.15) is 0 Å². The van der Waals surface area contributed by atoms with Gasteiger partial charge in [0.05, 0.1) is 0 Å². The summed E-state index contributed by atoms with van der Waals surface area (Å²) in [5, 5.41) is 3.60. The summed E-state index contributed by atoms with van der Waals surface area (Å²) < 4.78 is 0. The first-order valence-electron chi connectivity index (χ1n) is 8.11. The van der Waals surface area contributed by atoms with Crippen LogP contribution in [-0.4, -0.2) is 18.8 Å². The lowest BCUT2D eigenvalue weighted by Crippen LogP contribution is -2.41. The molecule has 3 atom stereocenters. The third-order valence-corrected chi connectivity index (χ3v) is 5.91. The molecular weight excluding hydrogens is 262 g/mol. The zero-order valence-corrected chi connectivity index (χ0v) is 14.0. The molecule has 20 heavy (non-hydrogen) atoms. The summed E-state index contributed by atoms with van der Waals surface area (Å²) in [5.74, 6) is 3.00. The molecule has 1 aliphatic rings. The molecule has 0 saturated heterocycles. The molecule has 0 aromatic heterocycles. The fourth-order valence-electron chi connectivity index (χ4n) is 3.59. The second kappa shape index (κ2) is 8.09. The van der Waals surface area contributed by atoms with Crippen LogP contribution in [0, 0.1) is 18.8 Å². The van der Waals surface area contributed by atoms with Gasteiger partial charge in [-0.3, -0.25) is 0 Å². The summed E-state index contributed by atoms with van der Waals surface area (Å²) >= 11 is 2.01. The predicted octanol–water partition coefficient (Wildman–Crippen LogP) is 4.89. The molecule has 1 aromatic carbocycles. The van der Waals surface area contributed by atoms with Crippen molar-refractivity contribution in [3.8, 4) is 0 Å². The lowest BCUT2D eigenvalue weighted by atomic mass is 9.74. The van der Waals surface area contributed by atoms with Crippen molar-refractivity contribution in [2.45, 2.75) is 56.9 Å². The molecule has 0 heterocycles. The van der Waals surface area contributed by atoms with Crippen LogP contribution in [0.1, 0.15) is 44.6 Å². The molecular formula is C18H29NS. The van der Waals surface area contributed by atoms with Crippen molar-refractivity contribution in [1.29, 1.82) is 0 Å². The minimum Gasteiger partial charge on any atom is -0.316 e. The maximum absolute atomic E-state index is 3.60. The monoisotopic (exact) mass is 291 g/mol. The maximum Gasteiger partial charge on any atom is 0.0189 e. The smallest absolute Gasteiger partial charge is 0.0189 e. The van der Waals surface area contributed by atoms with Gasteiger partial charge in [-0.25, -0.2) is 0 Å². The molecule has 1 N–H and O–H groups in total. The first-order valence-corrected chi connectivity index (χ1v) is 9.10. The van der Waals surface area contributed by atoms with Crippen molar-refractivity contribution in [2.75, 3.05) is 12.8 Å². The Hall–Kier alpha value is -0.470. The minimum atomic E-state index is 0.658. The van der Waals surface area contributed by atoms with E-state index < -0.39 is 0 Å². The zero-order chi connectivity index (χ0) is 14.4.